The van der Waals surface area contributed by atoms with Crippen LogP contribution in [0.3, 0.4) is 0 Å². The zero-order valence-corrected chi connectivity index (χ0v) is 11.4. The fourth-order valence-corrected chi connectivity index (χ4v) is 1.44. The Labute approximate surface area is 120 Å². The van der Waals surface area contributed by atoms with Crippen LogP contribution in [0.1, 0.15) is 28.8 Å². The highest BCUT2D eigenvalue weighted by Gasteiger charge is 2.39. The molecule has 112 valence electrons. The minimum absolute atomic E-state index is 0.0633. The highest BCUT2D eigenvalue weighted by Crippen LogP contribution is 2.19. The third-order valence-electron chi connectivity index (χ3n) is 2.58. The molecular weight excluding hydrogens is 283 g/mol. The number of carbonyl (C=O) groups excluding carboxylic acids is 2. The number of hydrogen-bond donors (Lipinski definition) is 1. The van der Waals surface area contributed by atoms with Crippen LogP contribution in [-0.2, 0) is 4.79 Å². The molecule has 0 aliphatic carbocycles. The van der Waals surface area contributed by atoms with E-state index in [-0.39, 0.29) is 5.56 Å². The lowest BCUT2D eigenvalue weighted by Gasteiger charge is -2.04. The molecule has 1 aromatic carbocycles. The van der Waals surface area contributed by atoms with Crippen molar-refractivity contribution >= 4 is 11.6 Å². The Morgan fingerprint density at radius 2 is 1.81 bits per heavy atom. The van der Waals surface area contributed by atoms with Crippen LogP contribution in [0.4, 0.5) is 13.2 Å². The molecule has 0 fully saturated rings. The summed E-state index contributed by atoms with van der Waals surface area (Å²) in [5.41, 5.74) is 0.721. The van der Waals surface area contributed by atoms with Crippen LogP contribution < -0.4 is 5.32 Å². The van der Waals surface area contributed by atoms with Crippen LogP contribution in [0.2, 0.25) is 0 Å². The van der Waals surface area contributed by atoms with Gasteiger partial charge in [-0.05, 0) is 19.2 Å². The molecule has 1 rings (SSSR count). The van der Waals surface area contributed by atoms with Gasteiger partial charge < -0.3 is 5.32 Å². The molecule has 6 heteroatoms. The van der Waals surface area contributed by atoms with Crippen molar-refractivity contribution in [3.63, 3.8) is 0 Å². The number of rotatable bonds is 5. The van der Waals surface area contributed by atoms with E-state index in [1.54, 1.807) is 0 Å². The monoisotopic (exact) mass is 297 g/mol. The fraction of sp³-hybridized carbons (Fsp3) is 0.333. The summed E-state index contributed by atoms with van der Waals surface area (Å²) >= 11 is 0. The van der Waals surface area contributed by atoms with E-state index < -0.39 is 24.2 Å². The smallest absolute Gasteiger partial charge is 0.319 e. The van der Waals surface area contributed by atoms with Gasteiger partial charge in [0.2, 0.25) is 5.78 Å². The molecule has 0 saturated heterocycles. The van der Waals surface area contributed by atoms with Crippen LogP contribution in [0.15, 0.2) is 24.3 Å². The first kappa shape index (κ1) is 16.9. The number of Topliss-reactive ketones (excluding diaryl/α,β-unsaturated/α-hetero) is 2. The maximum absolute atomic E-state index is 12.1. The van der Waals surface area contributed by atoms with Gasteiger partial charge in [-0.3, -0.25) is 9.59 Å². The second-order valence-electron chi connectivity index (χ2n) is 4.25. The molecule has 0 amide bonds. The lowest BCUT2D eigenvalue weighted by molar-refractivity contribution is -0.170. The predicted molar refractivity (Wildman–Crippen MR) is 71.9 cm³/mol. The summed E-state index contributed by atoms with van der Waals surface area (Å²) in [6.07, 6.45) is -5.48. The second kappa shape index (κ2) is 7.60. The largest absolute Gasteiger partial charge is 0.450 e. The molecule has 0 saturated carbocycles. The van der Waals surface area contributed by atoms with Gasteiger partial charge in [0.1, 0.15) is 0 Å². The maximum atomic E-state index is 12.1. The van der Waals surface area contributed by atoms with E-state index in [0.29, 0.717) is 12.0 Å². The standard InChI is InChI=1S/C15H14F3NO2/c1-19-9-3-2-4-11-5-7-12(8-6-11)13(20)10-14(21)15(16,17)18/h5-8,19H,3,9-10H2,1H3. The molecule has 0 spiro atoms. The van der Waals surface area contributed by atoms with Crippen molar-refractivity contribution in [1.29, 1.82) is 0 Å². The van der Waals surface area contributed by atoms with Crippen molar-refractivity contribution in [3.05, 3.63) is 35.4 Å². The Morgan fingerprint density at radius 3 is 2.33 bits per heavy atom. The van der Waals surface area contributed by atoms with E-state index >= 15 is 0 Å². The van der Waals surface area contributed by atoms with Crippen LogP contribution in [0, 0.1) is 11.8 Å². The predicted octanol–water partition coefficient (Wildman–Crippen LogP) is 2.35. The summed E-state index contributed by atoms with van der Waals surface area (Å²) in [6, 6.07) is 5.82. The minimum atomic E-state index is -4.98. The minimum Gasteiger partial charge on any atom is -0.319 e. The van der Waals surface area contributed by atoms with Crippen LogP contribution in [0.5, 0.6) is 0 Å². The van der Waals surface area contributed by atoms with E-state index in [2.05, 4.69) is 17.2 Å². The summed E-state index contributed by atoms with van der Waals surface area (Å²) in [6.45, 7) is 0.753. The number of carbonyl (C=O) groups is 2. The van der Waals surface area contributed by atoms with E-state index in [1.165, 1.54) is 24.3 Å². The molecule has 1 N–H and O–H groups in total. The number of alkyl halides is 3. The first-order chi connectivity index (χ1) is 9.84. The summed E-state index contributed by atoms with van der Waals surface area (Å²) < 4.78 is 36.2. The van der Waals surface area contributed by atoms with Gasteiger partial charge >= 0.3 is 6.18 Å². The van der Waals surface area contributed by atoms with Crippen molar-refractivity contribution in [2.45, 2.75) is 19.0 Å². The number of nitrogens with one attached hydrogen (secondary N) is 1. The van der Waals surface area contributed by atoms with Crippen molar-refractivity contribution in [1.82, 2.24) is 5.32 Å². The first-order valence-electron chi connectivity index (χ1n) is 6.21. The molecule has 0 aliphatic rings. The van der Waals surface area contributed by atoms with E-state index in [0.717, 1.165) is 6.54 Å². The van der Waals surface area contributed by atoms with Gasteiger partial charge in [-0.2, -0.15) is 13.2 Å². The summed E-state index contributed by atoms with van der Waals surface area (Å²) in [7, 11) is 1.81. The molecule has 1 aromatic rings. The molecule has 3 nitrogen and oxygen atoms in total. The Balaban J connectivity index is 2.67. The molecular formula is C15H14F3NO2. The number of benzene rings is 1. The molecule has 0 bridgehead atoms. The van der Waals surface area contributed by atoms with Crippen molar-refractivity contribution < 1.29 is 22.8 Å². The summed E-state index contributed by atoms with van der Waals surface area (Å²) in [4.78, 5) is 22.3. The Morgan fingerprint density at radius 1 is 1.19 bits per heavy atom. The average Bonchev–Trinajstić information content (AvgIpc) is 2.43. The highest BCUT2D eigenvalue weighted by atomic mass is 19.4. The molecule has 21 heavy (non-hydrogen) atoms. The van der Waals surface area contributed by atoms with Gasteiger partial charge in [0.25, 0.3) is 0 Å². The lowest BCUT2D eigenvalue weighted by Crippen LogP contribution is -2.25. The summed E-state index contributed by atoms with van der Waals surface area (Å²) in [5.74, 6) is 2.87. The zero-order chi connectivity index (χ0) is 15.9. The Hall–Kier alpha value is -2.13. The van der Waals surface area contributed by atoms with Crippen molar-refractivity contribution in [3.8, 4) is 11.8 Å². The summed E-state index contributed by atoms with van der Waals surface area (Å²) in [5, 5.41) is 2.94. The average molecular weight is 297 g/mol. The number of halogens is 3. The van der Waals surface area contributed by atoms with Crippen LogP contribution >= 0.6 is 0 Å². The van der Waals surface area contributed by atoms with Gasteiger partial charge in [-0.25, -0.2) is 0 Å². The van der Waals surface area contributed by atoms with E-state index in [9.17, 15) is 22.8 Å². The Kier molecular flexibility index (Phi) is 6.12. The molecule has 0 heterocycles. The second-order valence-corrected chi connectivity index (χ2v) is 4.25. The fourth-order valence-electron chi connectivity index (χ4n) is 1.44. The third-order valence-corrected chi connectivity index (χ3v) is 2.58. The van der Waals surface area contributed by atoms with E-state index in [1.807, 2.05) is 7.05 Å². The quantitative estimate of drug-likeness (QED) is 0.393. The van der Waals surface area contributed by atoms with E-state index in [4.69, 9.17) is 0 Å². The normalized spacial score (nSPS) is 10.7. The third kappa shape index (κ3) is 5.79. The molecule has 0 aromatic heterocycles. The molecule has 0 aliphatic heterocycles. The van der Waals surface area contributed by atoms with Gasteiger partial charge in [-0.15, -0.1) is 0 Å². The van der Waals surface area contributed by atoms with Crippen molar-refractivity contribution in [2.24, 2.45) is 0 Å². The zero-order valence-electron chi connectivity index (χ0n) is 11.4. The molecule has 0 unspecified atom stereocenters. The SMILES string of the molecule is CNCCC#Cc1ccc(C(=O)CC(=O)C(F)(F)F)cc1. The number of ketones is 2. The van der Waals surface area contributed by atoms with Crippen LogP contribution in [0.25, 0.3) is 0 Å². The van der Waals surface area contributed by atoms with Gasteiger partial charge in [0, 0.05) is 24.1 Å². The van der Waals surface area contributed by atoms with Gasteiger partial charge in [0.05, 0.1) is 6.42 Å². The maximum Gasteiger partial charge on any atom is 0.450 e. The Bertz CT molecular complexity index is 565. The molecule has 0 atom stereocenters. The van der Waals surface area contributed by atoms with Crippen molar-refractivity contribution in [2.75, 3.05) is 13.6 Å². The van der Waals surface area contributed by atoms with Gasteiger partial charge in [-0.1, -0.05) is 24.0 Å². The van der Waals surface area contributed by atoms with Crippen LogP contribution in [-0.4, -0.2) is 31.3 Å². The first-order valence-corrected chi connectivity index (χ1v) is 6.21. The highest BCUT2D eigenvalue weighted by molar-refractivity contribution is 6.09. The number of hydrogen-bond acceptors (Lipinski definition) is 3. The topological polar surface area (TPSA) is 46.2 Å². The molecule has 0 radical (unpaired) electrons. The van der Waals surface area contributed by atoms with Gasteiger partial charge in [0.15, 0.2) is 5.78 Å². The lowest BCUT2D eigenvalue weighted by atomic mass is 10.0.